The summed E-state index contributed by atoms with van der Waals surface area (Å²) < 4.78 is 36.3. The lowest BCUT2D eigenvalue weighted by molar-refractivity contribution is -0.699. The van der Waals surface area contributed by atoms with E-state index in [2.05, 4.69) is 0 Å². The van der Waals surface area contributed by atoms with Gasteiger partial charge in [0.1, 0.15) is 12.6 Å². The van der Waals surface area contributed by atoms with E-state index in [0.717, 1.165) is 5.56 Å². The number of alkyl halides is 3. The van der Waals surface area contributed by atoms with Crippen LogP contribution < -0.4 is 5.32 Å². The van der Waals surface area contributed by atoms with Crippen molar-refractivity contribution in [3.05, 3.63) is 35.9 Å². The lowest BCUT2D eigenvalue weighted by Gasteiger charge is -2.17. The number of hydrogen-bond acceptors (Lipinski definition) is 2. The third-order valence-electron chi connectivity index (χ3n) is 2.65. The van der Waals surface area contributed by atoms with Crippen LogP contribution in [0.15, 0.2) is 30.3 Å². The predicted molar refractivity (Wildman–Crippen MR) is 59.9 cm³/mol. The minimum absolute atomic E-state index is 0.237. The van der Waals surface area contributed by atoms with E-state index >= 15 is 0 Å². The van der Waals surface area contributed by atoms with E-state index in [1.54, 1.807) is 0 Å². The Morgan fingerprint density at radius 2 is 1.78 bits per heavy atom. The Morgan fingerprint density at radius 3 is 2.28 bits per heavy atom. The molecule has 0 amide bonds. The second kappa shape index (κ2) is 6.72. The topological polar surface area (TPSA) is 57.1 Å². The van der Waals surface area contributed by atoms with Crippen molar-refractivity contribution >= 4 is 0 Å². The van der Waals surface area contributed by atoms with E-state index in [9.17, 15) is 13.2 Å². The highest BCUT2D eigenvalue weighted by Crippen LogP contribution is 2.18. The fraction of sp³-hybridized carbons (Fsp3) is 0.500. The molecule has 0 heterocycles. The molecule has 0 fully saturated rings. The number of rotatable bonds is 6. The molecule has 0 aliphatic heterocycles. The van der Waals surface area contributed by atoms with Gasteiger partial charge in [0.25, 0.3) is 0 Å². The fourth-order valence-corrected chi connectivity index (χ4v) is 1.59. The van der Waals surface area contributed by atoms with E-state index in [-0.39, 0.29) is 12.6 Å². The molecule has 4 N–H and O–H groups in total. The van der Waals surface area contributed by atoms with Gasteiger partial charge in [-0.2, -0.15) is 13.2 Å². The number of aliphatic hydroxyl groups excluding tert-OH is 2. The van der Waals surface area contributed by atoms with Crippen LogP contribution in [0.2, 0.25) is 0 Å². The van der Waals surface area contributed by atoms with Crippen molar-refractivity contribution in [1.82, 2.24) is 0 Å². The van der Waals surface area contributed by atoms with Gasteiger partial charge < -0.3 is 15.5 Å². The van der Waals surface area contributed by atoms with Crippen LogP contribution in [0.3, 0.4) is 0 Å². The normalized spacial score (nSPS) is 15.4. The molecule has 0 saturated heterocycles. The Morgan fingerprint density at radius 1 is 1.17 bits per heavy atom. The van der Waals surface area contributed by atoms with Crippen molar-refractivity contribution in [2.45, 2.75) is 24.7 Å². The molecular formula is C12H17F3NO2+. The summed E-state index contributed by atoms with van der Waals surface area (Å²) in [7, 11) is 0. The summed E-state index contributed by atoms with van der Waals surface area (Å²) in [5.74, 6) is 0. The highest BCUT2D eigenvalue weighted by atomic mass is 19.4. The maximum Gasteiger partial charge on any atom is 0.419 e. The quantitative estimate of drug-likeness (QED) is 0.681. The standard InChI is InChI=1S/C12H16F3NO2/c13-12(14,15)11(18)7-16-10(8-17)6-9-4-2-1-3-5-9/h1-5,10-11,16-18H,6-8H2/p+1/t10-,11-/m1/s1. The Balaban J connectivity index is 2.43. The van der Waals surface area contributed by atoms with Crippen LogP contribution in [0.5, 0.6) is 0 Å². The smallest absolute Gasteiger partial charge is 0.390 e. The Labute approximate surface area is 103 Å². The van der Waals surface area contributed by atoms with Crippen LogP contribution in [0.25, 0.3) is 0 Å². The van der Waals surface area contributed by atoms with E-state index in [4.69, 9.17) is 10.2 Å². The van der Waals surface area contributed by atoms with E-state index in [1.165, 1.54) is 5.32 Å². The first-order chi connectivity index (χ1) is 8.43. The molecule has 2 atom stereocenters. The Kier molecular flexibility index (Phi) is 5.58. The van der Waals surface area contributed by atoms with Gasteiger partial charge in [-0.3, -0.25) is 0 Å². The van der Waals surface area contributed by atoms with Gasteiger partial charge in [0.15, 0.2) is 6.10 Å². The van der Waals surface area contributed by atoms with Gasteiger partial charge in [-0.15, -0.1) is 0 Å². The Hall–Kier alpha value is -1.11. The number of aliphatic hydroxyl groups is 2. The van der Waals surface area contributed by atoms with Crippen LogP contribution in [0.4, 0.5) is 13.2 Å². The van der Waals surface area contributed by atoms with Gasteiger partial charge in [0, 0.05) is 6.42 Å². The maximum atomic E-state index is 12.1. The summed E-state index contributed by atoms with van der Waals surface area (Å²) >= 11 is 0. The predicted octanol–water partition coefficient (Wildman–Crippen LogP) is 0.0766. The summed E-state index contributed by atoms with van der Waals surface area (Å²) in [6, 6.07) is 8.80. The number of hydrogen-bond donors (Lipinski definition) is 3. The largest absolute Gasteiger partial charge is 0.419 e. The van der Waals surface area contributed by atoms with Crippen molar-refractivity contribution < 1.29 is 28.7 Å². The number of nitrogens with two attached hydrogens (primary N) is 1. The highest BCUT2D eigenvalue weighted by Gasteiger charge is 2.39. The average molecular weight is 264 g/mol. The molecule has 0 aromatic heterocycles. The molecule has 18 heavy (non-hydrogen) atoms. The fourth-order valence-electron chi connectivity index (χ4n) is 1.59. The third kappa shape index (κ3) is 5.03. The summed E-state index contributed by atoms with van der Waals surface area (Å²) in [6.07, 6.45) is -6.51. The summed E-state index contributed by atoms with van der Waals surface area (Å²) in [5, 5.41) is 19.3. The highest BCUT2D eigenvalue weighted by molar-refractivity contribution is 5.15. The molecular weight excluding hydrogens is 247 g/mol. The second-order valence-corrected chi connectivity index (χ2v) is 4.16. The molecule has 0 spiro atoms. The molecule has 6 heteroatoms. The number of quaternary nitrogens is 1. The van der Waals surface area contributed by atoms with Crippen LogP contribution >= 0.6 is 0 Å². The molecule has 102 valence electrons. The minimum atomic E-state index is -4.61. The first-order valence-electron chi connectivity index (χ1n) is 5.66. The first-order valence-corrected chi connectivity index (χ1v) is 5.66. The van der Waals surface area contributed by atoms with Gasteiger partial charge in [-0.25, -0.2) is 0 Å². The zero-order valence-corrected chi connectivity index (χ0v) is 9.77. The summed E-state index contributed by atoms with van der Waals surface area (Å²) in [4.78, 5) is 0. The van der Waals surface area contributed by atoms with Gasteiger partial charge in [-0.05, 0) is 5.56 Å². The van der Waals surface area contributed by atoms with Crippen LogP contribution in [-0.4, -0.2) is 41.7 Å². The molecule has 0 radical (unpaired) electrons. The molecule has 0 bridgehead atoms. The van der Waals surface area contributed by atoms with E-state index in [1.807, 2.05) is 30.3 Å². The van der Waals surface area contributed by atoms with Crippen molar-refractivity contribution in [1.29, 1.82) is 0 Å². The van der Waals surface area contributed by atoms with Gasteiger partial charge in [-0.1, -0.05) is 30.3 Å². The SMILES string of the molecule is OC[C@@H](Cc1ccccc1)[NH2+]C[C@@H](O)C(F)(F)F. The molecule has 0 aliphatic carbocycles. The van der Waals surface area contributed by atoms with Crippen molar-refractivity contribution in [2.75, 3.05) is 13.2 Å². The van der Waals surface area contributed by atoms with Gasteiger partial charge >= 0.3 is 6.18 Å². The zero-order valence-electron chi connectivity index (χ0n) is 9.77. The molecule has 1 aromatic rings. The summed E-state index contributed by atoms with van der Waals surface area (Å²) in [5.41, 5.74) is 0.939. The van der Waals surface area contributed by atoms with Crippen LogP contribution in [0.1, 0.15) is 5.56 Å². The van der Waals surface area contributed by atoms with Gasteiger partial charge in [0.05, 0.1) is 6.61 Å². The minimum Gasteiger partial charge on any atom is -0.390 e. The van der Waals surface area contributed by atoms with E-state index in [0.29, 0.717) is 6.42 Å². The second-order valence-electron chi connectivity index (χ2n) is 4.16. The average Bonchev–Trinajstić information content (AvgIpc) is 2.34. The third-order valence-corrected chi connectivity index (χ3v) is 2.65. The van der Waals surface area contributed by atoms with Crippen molar-refractivity contribution in [2.24, 2.45) is 0 Å². The molecule has 1 rings (SSSR count). The van der Waals surface area contributed by atoms with Gasteiger partial charge in [0.2, 0.25) is 0 Å². The first kappa shape index (κ1) is 14.9. The zero-order chi connectivity index (χ0) is 13.6. The molecule has 1 aromatic carbocycles. The number of benzene rings is 1. The molecule has 0 aliphatic rings. The van der Waals surface area contributed by atoms with E-state index < -0.39 is 18.8 Å². The monoisotopic (exact) mass is 264 g/mol. The summed E-state index contributed by atoms with van der Waals surface area (Å²) in [6.45, 7) is -0.735. The van der Waals surface area contributed by atoms with Crippen molar-refractivity contribution in [3.8, 4) is 0 Å². The van der Waals surface area contributed by atoms with Crippen molar-refractivity contribution in [3.63, 3.8) is 0 Å². The molecule has 0 unspecified atom stereocenters. The Bertz CT molecular complexity index is 343. The lowest BCUT2D eigenvalue weighted by Crippen LogP contribution is -2.93. The molecule has 0 saturated carbocycles. The number of halogens is 3. The maximum absolute atomic E-state index is 12.1. The molecule has 3 nitrogen and oxygen atoms in total. The van der Waals surface area contributed by atoms with Crippen LogP contribution in [0, 0.1) is 0 Å². The van der Waals surface area contributed by atoms with Crippen LogP contribution in [-0.2, 0) is 6.42 Å². The lowest BCUT2D eigenvalue weighted by atomic mass is 10.1.